The molecule has 104 valence electrons. The van der Waals surface area contributed by atoms with E-state index in [0.29, 0.717) is 6.04 Å². The average Bonchev–Trinajstić information content (AvgIpc) is 2.81. The summed E-state index contributed by atoms with van der Waals surface area (Å²) >= 11 is 9.56. The number of halogens is 2. The minimum absolute atomic E-state index is 0.311. The molecule has 2 aromatic carbocycles. The third-order valence-electron chi connectivity index (χ3n) is 3.67. The smallest absolute Gasteiger partial charge is 0.142 e. The first-order chi connectivity index (χ1) is 9.67. The number of aryl methyl sites for hydroxylation is 1. The van der Waals surface area contributed by atoms with E-state index in [4.69, 9.17) is 16.3 Å². The van der Waals surface area contributed by atoms with Crippen LogP contribution in [0.25, 0.3) is 0 Å². The van der Waals surface area contributed by atoms with E-state index in [1.165, 1.54) is 11.1 Å². The largest absolute Gasteiger partial charge is 0.495 e. The molecule has 0 heterocycles. The number of rotatable bonds is 3. The predicted octanol–water partition coefficient (Wildman–Crippen LogP) is 5.21. The van der Waals surface area contributed by atoms with Crippen molar-refractivity contribution in [2.45, 2.75) is 18.9 Å². The number of benzene rings is 2. The Labute approximate surface area is 132 Å². The Morgan fingerprint density at radius 2 is 2.10 bits per heavy atom. The molecule has 1 aliphatic carbocycles. The second kappa shape index (κ2) is 5.66. The molecule has 1 atom stereocenters. The fourth-order valence-corrected chi connectivity index (χ4v) is 3.27. The Kier molecular flexibility index (Phi) is 3.90. The number of nitrogens with one attached hydrogen (secondary N) is 1. The van der Waals surface area contributed by atoms with Crippen molar-refractivity contribution in [1.82, 2.24) is 0 Å². The van der Waals surface area contributed by atoms with Gasteiger partial charge in [0.15, 0.2) is 0 Å². The van der Waals surface area contributed by atoms with E-state index in [-0.39, 0.29) is 0 Å². The van der Waals surface area contributed by atoms with Crippen LogP contribution < -0.4 is 10.1 Å². The van der Waals surface area contributed by atoms with Gasteiger partial charge in [-0.25, -0.2) is 0 Å². The SMILES string of the molecule is COc1ccc(Br)cc1NC1CCc2cc(Cl)ccc21. The maximum atomic E-state index is 6.05. The fourth-order valence-electron chi connectivity index (χ4n) is 2.72. The lowest BCUT2D eigenvalue weighted by molar-refractivity contribution is 0.416. The van der Waals surface area contributed by atoms with Crippen LogP contribution in [-0.2, 0) is 6.42 Å². The Balaban J connectivity index is 1.89. The molecule has 0 aliphatic heterocycles. The van der Waals surface area contributed by atoms with Crippen LogP contribution in [0, 0.1) is 0 Å². The highest BCUT2D eigenvalue weighted by molar-refractivity contribution is 9.10. The van der Waals surface area contributed by atoms with E-state index in [1.54, 1.807) is 7.11 Å². The topological polar surface area (TPSA) is 21.3 Å². The molecule has 0 aromatic heterocycles. The van der Waals surface area contributed by atoms with Crippen LogP contribution in [0.3, 0.4) is 0 Å². The van der Waals surface area contributed by atoms with Gasteiger partial charge in [0.25, 0.3) is 0 Å². The van der Waals surface area contributed by atoms with Crippen LogP contribution in [-0.4, -0.2) is 7.11 Å². The van der Waals surface area contributed by atoms with Gasteiger partial charge in [0.05, 0.1) is 18.8 Å². The third kappa shape index (κ3) is 2.65. The highest BCUT2D eigenvalue weighted by Crippen LogP contribution is 2.38. The number of ether oxygens (including phenoxy) is 1. The van der Waals surface area contributed by atoms with Crippen molar-refractivity contribution in [1.29, 1.82) is 0 Å². The summed E-state index contributed by atoms with van der Waals surface area (Å²) < 4.78 is 6.45. The number of hydrogen-bond donors (Lipinski definition) is 1. The molecular formula is C16H15BrClNO. The van der Waals surface area contributed by atoms with Crippen molar-refractivity contribution in [3.05, 3.63) is 57.0 Å². The van der Waals surface area contributed by atoms with Gasteiger partial charge in [0.1, 0.15) is 5.75 Å². The average molecular weight is 353 g/mol. The van der Waals surface area contributed by atoms with Crippen LogP contribution in [0.5, 0.6) is 5.75 Å². The van der Waals surface area contributed by atoms with Gasteiger partial charge < -0.3 is 10.1 Å². The summed E-state index contributed by atoms with van der Waals surface area (Å²) in [6, 6.07) is 12.4. The maximum absolute atomic E-state index is 6.05. The summed E-state index contributed by atoms with van der Waals surface area (Å²) in [5.41, 5.74) is 3.68. The Bertz CT molecular complexity index is 644. The molecule has 1 N–H and O–H groups in total. The minimum atomic E-state index is 0.311. The normalized spacial score (nSPS) is 16.9. The molecule has 0 saturated carbocycles. The molecular weight excluding hydrogens is 338 g/mol. The van der Waals surface area contributed by atoms with Crippen molar-refractivity contribution >= 4 is 33.2 Å². The molecule has 0 spiro atoms. The highest BCUT2D eigenvalue weighted by atomic mass is 79.9. The lowest BCUT2D eigenvalue weighted by atomic mass is 10.1. The molecule has 0 saturated heterocycles. The molecule has 1 unspecified atom stereocenters. The van der Waals surface area contributed by atoms with E-state index in [1.807, 2.05) is 24.3 Å². The molecule has 2 nitrogen and oxygen atoms in total. The van der Waals surface area contributed by atoms with Gasteiger partial charge in [0.2, 0.25) is 0 Å². The van der Waals surface area contributed by atoms with Gasteiger partial charge >= 0.3 is 0 Å². The molecule has 0 radical (unpaired) electrons. The maximum Gasteiger partial charge on any atom is 0.142 e. The number of anilines is 1. The summed E-state index contributed by atoms with van der Waals surface area (Å²) in [4.78, 5) is 0. The van der Waals surface area contributed by atoms with Crippen LogP contribution >= 0.6 is 27.5 Å². The molecule has 2 aromatic rings. The first-order valence-electron chi connectivity index (χ1n) is 6.56. The van der Waals surface area contributed by atoms with Crippen molar-refractivity contribution in [2.75, 3.05) is 12.4 Å². The summed E-state index contributed by atoms with van der Waals surface area (Å²) in [5, 5.41) is 4.39. The summed E-state index contributed by atoms with van der Waals surface area (Å²) in [7, 11) is 1.69. The summed E-state index contributed by atoms with van der Waals surface area (Å²) in [6.45, 7) is 0. The first kappa shape index (κ1) is 13.8. The molecule has 0 amide bonds. The monoisotopic (exact) mass is 351 g/mol. The number of fused-ring (bicyclic) bond motifs is 1. The van der Waals surface area contributed by atoms with Crippen molar-refractivity contribution in [3.63, 3.8) is 0 Å². The van der Waals surface area contributed by atoms with Crippen LogP contribution in [0.15, 0.2) is 40.9 Å². The van der Waals surface area contributed by atoms with E-state index in [2.05, 4.69) is 33.4 Å². The Morgan fingerprint density at radius 1 is 1.25 bits per heavy atom. The number of methoxy groups -OCH3 is 1. The zero-order valence-corrected chi connectivity index (χ0v) is 13.5. The first-order valence-corrected chi connectivity index (χ1v) is 7.73. The van der Waals surface area contributed by atoms with Gasteiger partial charge in [-0.3, -0.25) is 0 Å². The number of hydrogen-bond acceptors (Lipinski definition) is 2. The van der Waals surface area contributed by atoms with Crippen molar-refractivity contribution < 1.29 is 4.74 Å². The second-order valence-electron chi connectivity index (χ2n) is 4.92. The summed E-state index contributed by atoms with van der Waals surface area (Å²) in [6.07, 6.45) is 2.13. The van der Waals surface area contributed by atoms with Crippen LogP contribution in [0.2, 0.25) is 5.02 Å². The predicted molar refractivity (Wildman–Crippen MR) is 86.8 cm³/mol. The molecule has 3 rings (SSSR count). The molecule has 1 aliphatic rings. The van der Waals surface area contributed by atoms with E-state index < -0.39 is 0 Å². The Morgan fingerprint density at radius 3 is 2.90 bits per heavy atom. The standard InChI is InChI=1S/C16H15BrClNO/c1-20-16-7-3-11(17)9-15(16)19-14-6-2-10-8-12(18)4-5-13(10)14/h3-5,7-9,14,19H,2,6H2,1H3. The molecule has 20 heavy (non-hydrogen) atoms. The van der Waals surface area contributed by atoms with Gasteiger partial charge in [-0.2, -0.15) is 0 Å². The fraction of sp³-hybridized carbons (Fsp3) is 0.250. The quantitative estimate of drug-likeness (QED) is 0.818. The lowest BCUT2D eigenvalue weighted by Crippen LogP contribution is -2.08. The van der Waals surface area contributed by atoms with Crippen LogP contribution in [0.1, 0.15) is 23.6 Å². The van der Waals surface area contributed by atoms with E-state index >= 15 is 0 Å². The molecule has 4 heteroatoms. The Hall–Kier alpha value is -1.19. The second-order valence-corrected chi connectivity index (χ2v) is 6.28. The van der Waals surface area contributed by atoms with Crippen LogP contribution in [0.4, 0.5) is 5.69 Å². The van der Waals surface area contributed by atoms with E-state index in [0.717, 1.165) is 33.8 Å². The molecule has 0 fully saturated rings. The minimum Gasteiger partial charge on any atom is -0.495 e. The zero-order valence-electron chi connectivity index (χ0n) is 11.1. The third-order valence-corrected chi connectivity index (χ3v) is 4.40. The zero-order chi connectivity index (χ0) is 14.1. The summed E-state index contributed by atoms with van der Waals surface area (Å²) in [5.74, 6) is 0.857. The van der Waals surface area contributed by atoms with Gasteiger partial charge in [-0.05, 0) is 54.3 Å². The molecule has 0 bridgehead atoms. The van der Waals surface area contributed by atoms with Gasteiger partial charge in [-0.1, -0.05) is 33.6 Å². The van der Waals surface area contributed by atoms with E-state index in [9.17, 15) is 0 Å². The van der Waals surface area contributed by atoms with Crippen molar-refractivity contribution in [2.24, 2.45) is 0 Å². The van der Waals surface area contributed by atoms with Gasteiger partial charge in [-0.15, -0.1) is 0 Å². The van der Waals surface area contributed by atoms with Gasteiger partial charge in [0, 0.05) is 9.50 Å². The van der Waals surface area contributed by atoms with Crippen molar-refractivity contribution in [3.8, 4) is 5.75 Å². The highest BCUT2D eigenvalue weighted by Gasteiger charge is 2.23. The lowest BCUT2D eigenvalue weighted by Gasteiger charge is -2.18.